The van der Waals surface area contributed by atoms with Crippen LogP contribution < -0.4 is 5.32 Å². The third-order valence-electron chi connectivity index (χ3n) is 6.54. The SMILES string of the molecule is CC1(n2cc(Cc3ccc4c5c(cccc35)C(=O)N4)c(Cl)n2)CCN(OC(=O)C(F)(F)F)CC1. The van der Waals surface area contributed by atoms with Crippen LogP contribution >= 0.6 is 11.6 Å². The smallest absolute Gasteiger partial charge is 0.361 e. The molecule has 0 aliphatic carbocycles. The normalized spacial score (nSPS) is 17.7. The maximum absolute atomic E-state index is 12.5. The van der Waals surface area contributed by atoms with E-state index in [1.165, 1.54) is 0 Å². The Morgan fingerprint density at radius 2 is 1.94 bits per heavy atom. The summed E-state index contributed by atoms with van der Waals surface area (Å²) in [4.78, 5) is 27.7. The van der Waals surface area contributed by atoms with E-state index in [-0.39, 0.29) is 19.0 Å². The first-order valence-corrected chi connectivity index (χ1v) is 11.1. The molecule has 34 heavy (non-hydrogen) atoms. The van der Waals surface area contributed by atoms with Crippen molar-refractivity contribution in [2.45, 2.75) is 37.9 Å². The van der Waals surface area contributed by atoms with E-state index in [1.807, 2.05) is 37.4 Å². The highest BCUT2D eigenvalue weighted by Gasteiger charge is 2.44. The Hall–Kier alpha value is -3.11. The Balaban J connectivity index is 1.34. The maximum Gasteiger partial charge on any atom is 0.492 e. The zero-order valence-corrected chi connectivity index (χ0v) is 18.8. The van der Waals surface area contributed by atoms with Crippen LogP contribution in [-0.4, -0.2) is 46.0 Å². The Morgan fingerprint density at radius 3 is 2.65 bits per heavy atom. The number of halogens is 4. The van der Waals surface area contributed by atoms with Crippen molar-refractivity contribution in [3.8, 4) is 0 Å². The molecule has 2 aromatic carbocycles. The summed E-state index contributed by atoms with van der Waals surface area (Å²) >= 11 is 6.47. The van der Waals surface area contributed by atoms with Gasteiger partial charge >= 0.3 is 12.1 Å². The third-order valence-corrected chi connectivity index (χ3v) is 6.86. The standard InChI is InChI=1S/C23H20ClF3N4O3/c1-22(7-9-30(10-8-22)34-21(33)23(25,26)27)31-12-14(19(24)29-31)11-13-5-6-17-18-15(13)3-2-4-16(18)20(32)28-17/h2-6,12H,7-11H2,1H3,(H,28,32). The van der Waals surface area contributed by atoms with Crippen LogP contribution in [-0.2, 0) is 21.6 Å². The molecule has 1 amide bonds. The average molecular weight is 493 g/mol. The number of hydroxylamine groups is 2. The van der Waals surface area contributed by atoms with Crippen molar-refractivity contribution in [1.82, 2.24) is 14.8 Å². The summed E-state index contributed by atoms with van der Waals surface area (Å²) in [5, 5.41) is 10.6. The number of nitrogens with one attached hydrogen (secondary N) is 1. The number of hydrogen-bond acceptors (Lipinski definition) is 5. The fraction of sp³-hybridized carbons (Fsp3) is 0.348. The fourth-order valence-electron chi connectivity index (χ4n) is 4.55. The number of hydrogen-bond donors (Lipinski definition) is 1. The minimum Gasteiger partial charge on any atom is -0.361 e. The molecule has 1 aromatic heterocycles. The molecule has 11 heteroatoms. The number of nitrogens with zero attached hydrogens (tertiary/aromatic N) is 3. The third kappa shape index (κ3) is 3.90. The van der Waals surface area contributed by atoms with E-state index >= 15 is 0 Å². The predicted molar refractivity (Wildman–Crippen MR) is 119 cm³/mol. The molecule has 2 aliphatic heterocycles. The molecular formula is C23H20ClF3N4O3. The van der Waals surface area contributed by atoms with E-state index in [4.69, 9.17) is 11.6 Å². The van der Waals surface area contributed by atoms with Gasteiger partial charge in [0.2, 0.25) is 0 Å². The number of piperidine rings is 1. The molecule has 2 aliphatic rings. The van der Waals surface area contributed by atoms with Crippen LogP contribution in [0.5, 0.6) is 0 Å². The largest absolute Gasteiger partial charge is 0.492 e. The summed E-state index contributed by atoms with van der Waals surface area (Å²) in [6.45, 7) is 2.22. The molecule has 3 heterocycles. The minimum atomic E-state index is -5.03. The quantitative estimate of drug-likeness (QED) is 0.572. The van der Waals surface area contributed by atoms with Gasteiger partial charge in [0.05, 0.1) is 5.54 Å². The van der Waals surface area contributed by atoms with Crippen LogP contribution in [0.25, 0.3) is 10.8 Å². The number of rotatable bonds is 4. The van der Waals surface area contributed by atoms with Crippen LogP contribution in [0.1, 0.15) is 41.3 Å². The molecule has 7 nitrogen and oxygen atoms in total. The lowest BCUT2D eigenvalue weighted by atomic mass is 9.90. The molecule has 1 N–H and O–H groups in total. The van der Waals surface area contributed by atoms with Gasteiger partial charge in [0.25, 0.3) is 5.91 Å². The highest BCUT2D eigenvalue weighted by Crippen LogP contribution is 2.37. The lowest BCUT2D eigenvalue weighted by Crippen LogP contribution is -2.46. The van der Waals surface area contributed by atoms with Crippen LogP contribution in [0.3, 0.4) is 0 Å². The second kappa shape index (κ2) is 7.99. The second-order valence-electron chi connectivity index (χ2n) is 8.82. The van der Waals surface area contributed by atoms with E-state index in [2.05, 4.69) is 15.3 Å². The maximum atomic E-state index is 12.5. The number of amides is 1. The molecule has 0 bridgehead atoms. The van der Waals surface area contributed by atoms with Gasteiger partial charge in [-0.25, -0.2) is 4.79 Å². The zero-order chi connectivity index (χ0) is 24.3. The number of benzene rings is 2. The summed E-state index contributed by atoms with van der Waals surface area (Å²) in [6, 6.07) is 9.44. The summed E-state index contributed by atoms with van der Waals surface area (Å²) in [7, 11) is 0. The summed E-state index contributed by atoms with van der Waals surface area (Å²) in [6.07, 6.45) is -1.84. The number of carbonyl (C=O) groups is 2. The Bertz CT molecular complexity index is 1310. The van der Waals surface area contributed by atoms with Crippen molar-refractivity contribution in [1.29, 1.82) is 0 Å². The van der Waals surface area contributed by atoms with Crippen molar-refractivity contribution < 1.29 is 27.6 Å². The van der Waals surface area contributed by atoms with Gasteiger partial charge in [-0.1, -0.05) is 29.8 Å². The van der Waals surface area contributed by atoms with E-state index in [9.17, 15) is 22.8 Å². The first-order valence-electron chi connectivity index (χ1n) is 10.7. The van der Waals surface area contributed by atoms with E-state index in [1.54, 1.807) is 10.7 Å². The first-order chi connectivity index (χ1) is 16.0. The molecule has 3 aromatic rings. The monoisotopic (exact) mass is 492 g/mol. The molecular weight excluding hydrogens is 473 g/mol. The number of anilines is 1. The topological polar surface area (TPSA) is 76.5 Å². The van der Waals surface area contributed by atoms with Crippen LogP contribution in [0.15, 0.2) is 36.5 Å². The van der Waals surface area contributed by atoms with Gasteiger partial charge in [0, 0.05) is 47.9 Å². The van der Waals surface area contributed by atoms with Gasteiger partial charge in [0.15, 0.2) is 5.15 Å². The fourth-order valence-corrected chi connectivity index (χ4v) is 4.75. The number of alkyl halides is 3. The highest BCUT2D eigenvalue weighted by atomic mass is 35.5. The van der Waals surface area contributed by atoms with Crippen molar-refractivity contribution >= 4 is 39.9 Å². The Morgan fingerprint density at radius 1 is 1.21 bits per heavy atom. The Labute approximate surface area is 197 Å². The summed E-state index contributed by atoms with van der Waals surface area (Å²) < 4.78 is 39.1. The van der Waals surface area contributed by atoms with E-state index in [0.717, 1.165) is 32.6 Å². The molecule has 0 unspecified atom stereocenters. The summed E-state index contributed by atoms with van der Waals surface area (Å²) in [5.74, 6) is -2.34. The van der Waals surface area contributed by atoms with Gasteiger partial charge in [-0.15, -0.1) is 5.06 Å². The molecule has 178 valence electrons. The minimum absolute atomic E-state index is 0.121. The molecule has 1 fully saturated rings. The van der Waals surface area contributed by atoms with E-state index in [0.29, 0.717) is 30.0 Å². The first kappa shape index (κ1) is 22.7. The lowest BCUT2D eigenvalue weighted by molar-refractivity contribution is -0.243. The van der Waals surface area contributed by atoms with Crippen molar-refractivity contribution in [3.05, 3.63) is 58.4 Å². The predicted octanol–water partition coefficient (Wildman–Crippen LogP) is 4.68. The molecule has 0 saturated carbocycles. The van der Waals surface area contributed by atoms with Gasteiger partial charge < -0.3 is 10.2 Å². The van der Waals surface area contributed by atoms with Crippen LogP contribution in [0.2, 0.25) is 5.15 Å². The number of carbonyl (C=O) groups excluding carboxylic acids is 2. The molecule has 0 spiro atoms. The van der Waals surface area contributed by atoms with Gasteiger partial charge in [-0.3, -0.25) is 9.48 Å². The highest BCUT2D eigenvalue weighted by molar-refractivity contribution is 6.30. The molecule has 0 atom stereocenters. The van der Waals surface area contributed by atoms with Gasteiger partial charge in [0.1, 0.15) is 0 Å². The van der Waals surface area contributed by atoms with Crippen LogP contribution in [0.4, 0.5) is 18.9 Å². The zero-order valence-electron chi connectivity index (χ0n) is 18.1. The van der Waals surface area contributed by atoms with E-state index < -0.39 is 17.7 Å². The number of aromatic nitrogens is 2. The van der Waals surface area contributed by atoms with Crippen molar-refractivity contribution in [3.63, 3.8) is 0 Å². The van der Waals surface area contributed by atoms with Crippen molar-refractivity contribution in [2.24, 2.45) is 0 Å². The van der Waals surface area contributed by atoms with Crippen LogP contribution in [0, 0.1) is 0 Å². The van der Waals surface area contributed by atoms with Gasteiger partial charge in [-0.05, 0) is 42.8 Å². The average Bonchev–Trinajstić information content (AvgIpc) is 3.32. The molecule has 5 rings (SSSR count). The lowest BCUT2D eigenvalue weighted by Gasteiger charge is -2.38. The van der Waals surface area contributed by atoms with Gasteiger partial charge in [-0.2, -0.15) is 18.3 Å². The second-order valence-corrected chi connectivity index (χ2v) is 9.18. The molecule has 0 radical (unpaired) electrons. The summed E-state index contributed by atoms with van der Waals surface area (Å²) in [5.41, 5.74) is 2.72. The van der Waals surface area contributed by atoms with Crippen molar-refractivity contribution in [2.75, 3.05) is 18.4 Å². The Kier molecular flexibility index (Phi) is 5.33. The molecule has 1 saturated heterocycles.